The van der Waals surface area contributed by atoms with Gasteiger partial charge in [0.15, 0.2) is 0 Å². The fraction of sp³-hybridized carbons (Fsp3) is 1.00. The van der Waals surface area contributed by atoms with Gasteiger partial charge in [0.2, 0.25) is 0 Å². The lowest BCUT2D eigenvalue weighted by molar-refractivity contribution is -0.225. The first kappa shape index (κ1) is 34.0. The van der Waals surface area contributed by atoms with E-state index in [0.29, 0.717) is 19.8 Å². The molecule has 0 aromatic carbocycles. The van der Waals surface area contributed by atoms with Crippen LogP contribution >= 0.6 is 7.82 Å². The van der Waals surface area contributed by atoms with E-state index in [4.69, 9.17) is 18.9 Å². The van der Waals surface area contributed by atoms with Crippen molar-refractivity contribution < 1.29 is 33.0 Å². The maximum Gasteiger partial charge on any atom is 0.499 e. The molecule has 0 heterocycles. The van der Waals surface area contributed by atoms with E-state index in [1.807, 2.05) is 6.92 Å². The first-order valence-corrected chi connectivity index (χ1v) is 15.6. The van der Waals surface area contributed by atoms with Gasteiger partial charge < -0.3 is 14.4 Å². The predicted molar refractivity (Wildman–Crippen MR) is 139 cm³/mol. The number of hydrogen-bond acceptors (Lipinski definition) is 6. The summed E-state index contributed by atoms with van der Waals surface area (Å²) in [6.45, 7) is 6.17. The molecule has 0 amide bonds. The topological polar surface area (TPSA) is 83.5 Å². The van der Waals surface area contributed by atoms with E-state index in [2.05, 4.69) is 11.6 Å². The zero-order valence-corrected chi connectivity index (χ0v) is 23.2. The molecule has 0 rings (SSSR count). The molecule has 0 aliphatic carbocycles. The number of phosphoric ester groups is 1. The third-order valence-electron chi connectivity index (χ3n) is 5.79. The molecular weight excluding hydrogens is 455 g/mol. The number of ether oxygens (including phenoxy) is 2. The molecular formula is C26H55O7P. The van der Waals surface area contributed by atoms with Crippen LogP contribution in [-0.2, 0) is 28.1 Å². The highest BCUT2D eigenvalue weighted by molar-refractivity contribution is 7.47. The molecule has 0 saturated carbocycles. The van der Waals surface area contributed by atoms with Crippen LogP contribution in [0.2, 0.25) is 0 Å². The summed E-state index contributed by atoms with van der Waals surface area (Å²) in [5.74, 6) is 0. The number of hydrogen-bond donors (Lipinski definition) is 1. The zero-order chi connectivity index (χ0) is 25.0. The standard InChI is InChI=1S/C26H55O7P/c1-3-5-6-7-8-9-10-11-12-13-14-15-16-17-18-19-20-21-22-31-33-34(27,28)32-26-25-30-24-23-29-4-2/h3-26H2,1-2H3,(H,27,28). The molecule has 0 aliphatic rings. The predicted octanol–water partition coefficient (Wildman–Crippen LogP) is 8.15. The molecule has 0 bridgehead atoms. The van der Waals surface area contributed by atoms with Gasteiger partial charge in [0.05, 0.1) is 33.0 Å². The molecule has 1 atom stereocenters. The summed E-state index contributed by atoms with van der Waals surface area (Å²) in [6.07, 6.45) is 23.7. The Balaban J connectivity index is 3.22. The Morgan fingerprint density at radius 2 is 0.941 bits per heavy atom. The minimum Gasteiger partial charge on any atom is -0.379 e. The van der Waals surface area contributed by atoms with Gasteiger partial charge in [-0.1, -0.05) is 116 Å². The maximum absolute atomic E-state index is 11.6. The molecule has 0 fully saturated rings. The molecule has 206 valence electrons. The first-order valence-electron chi connectivity index (χ1n) is 14.1. The van der Waals surface area contributed by atoms with Crippen molar-refractivity contribution in [2.75, 3.05) is 39.6 Å². The van der Waals surface area contributed by atoms with Crippen molar-refractivity contribution in [3.05, 3.63) is 0 Å². The second-order valence-corrected chi connectivity index (χ2v) is 10.4. The Bertz CT molecular complexity index is 437. The summed E-state index contributed by atoms with van der Waals surface area (Å²) >= 11 is 0. The van der Waals surface area contributed by atoms with Gasteiger partial charge in [-0.05, 0) is 13.3 Å². The fourth-order valence-corrected chi connectivity index (χ4v) is 4.32. The van der Waals surface area contributed by atoms with Crippen molar-refractivity contribution in [1.82, 2.24) is 0 Å². The smallest absolute Gasteiger partial charge is 0.379 e. The lowest BCUT2D eigenvalue weighted by Gasteiger charge is -2.11. The third-order valence-corrected chi connectivity index (χ3v) is 6.59. The van der Waals surface area contributed by atoms with E-state index in [1.54, 1.807) is 0 Å². The van der Waals surface area contributed by atoms with Gasteiger partial charge in [-0.15, -0.1) is 4.67 Å². The largest absolute Gasteiger partial charge is 0.499 e. The Kier molecular flexibility index (Phi) is 27.6. The van der Waals surface area contributed by atoms with Crippen molar-refractivity contribution in [1.29, 1.82) is 0 Å². The molecule has 0 saturated heterocycles. The van der Waals surface area contributed by atoms with Crippen LogP contribution in [0.3, 0.4) is 0 Å². The Morgan fingerprint density at radius 1 is 0.529 bits per heavy atom. The highest BCUT2D eigenvalue weighted by Crippen LogP contribution is 2.43. The van der Waals surface area contributed by atoms with E-state index in [1.165, 1.54) is 96.3 Å². The van der Waals surface area contributed by atoms with E-state index < -0.39 is 7.82 Å². The minimum absolute atomic E-state index is 0.0392. The maximum atomic E-state index is 11.6. The van der Waals surface area contributed by atoms with E-state index in [9.17, 15) is 9.46 Å². The fourth-order valence-electron chi connectivity index (χ4n) is 3.76. The van der Waals surface area contributed by atoms with Gasteiger partial charge in [0, 0.05) is 6.61 Å². The molecule has 7 nitrogen and oxygen atoms in total. The molecule has 0 aliphatic heterocycles. The number of rotatable bonds is 29. The van der Waals surface area contributed by atoms with Gasteiger partial charge in [0.1, 0.15) is 0 Å². The summed E-state index contributed by atoms with van der Waals surface area (Å²) in [4.78, 5) is 14.4. The zero-order valence-electron chi connectivity index (χ0n) is 22.3. The SMILES string of the molecule is CCCCCCCCCCCCCCCCCCCCOOP(=O)(O)OCCOCCOCC. The number of unbranched alkanes of at least 4 members (excludes halogenated alkanes) is 17. The average Bonchev–Trinajstić information content (AvgIpc) is 2.82. The molecule has 1 N–H and O–H groups in total. The molecule has 0 aromatic heterocycles. The Hall–Kier alpha value is -0.0100. The quantitative estimate of drug-likeness (QED) is 0.0470. The van der Waals surface area contributed by atoms with E-state index in [0.717, 1.165) is 19.3 Å². The Morgan fingerprint density at radius 3 is 1.41 bits per heavy atom. The van der Waals surface area contributed by atoms with Crippen molar-refractivity contribution in [2.45, 2.75) is 129 Å². The lowest BCUT2D eigenvalue weighted by Crippen LogP contribution is -2.09. The molecule has 34 heavy (non-hydrogen) atoms. The van der Waals surface area contributed by atoms with Gasteiger partial charge in [0.25, 0.3) is 0 Å². The molecule has 1 unspecified atom stereocenters. The van der Waals surface area contributed by atoms with Gasteiger partial charge in [-0.2, -0.15) is 0 Å². The second-order valence-electron chi connectivity index (χ2n) is 9.02. The summed E-state index contributed by atoms with van der Waals surface area (Å²) in [5, 5.41) is 0. The summed E-state index contributed by atoms with van der Waals surface area (Å²) in [6, 6.07) is 0. The van der Waals surface area contributed by atoms with Crippen molar-refractivity contribution in [3.8, 4) is 0 Å². The Labute approximate surface area is 210 Å². The second kappa shape index (κ2) is 27.6. The van der Waals surface area contributed by atoms with Crippen LogP contribution in [0.1, 0.15) is 129 Å². The van der Waals surface area contributed by atoms with Crippen LogP contribution < -0.4 is 0 Å². The van der Waals surface area contributed by atoms with E-state index in [-0.39, 0.29) is 19.8 Å². The van der Waals surface area contributed by atoms with Gasteiger partial charge in [-0.25, -0.2) is 9.45 Å². The highest BCUT2D eigenvalue weighted by Gasteiger charge is 2.22. The molecule has 8 heteroatoms. The van der Waals surface area contributed by atoms with Crippen LogP contribution in [0.5, 0.6) is 0 Å². The minimum atomic E-state index is -4.18. The van der Waals surface area contributed by atoms with Crippen LogP contribution in [0.15, 0.2) is 0 Å². The molecule has 0 radical (unpaired) electrons. The van der Waals surface area contributed by atoms with Gasteiger partial charge in [-0.3, -0.25) is 4.52 Å². The monoisotopic (exact) mass is 510 g/mol. The van der Waals surface area contributed by atoms with Crippen molar-refractivity contribution in [2.24, 2.45) is 0 Å². The summed E-state index contributed by atoms with van der Waals surface area (Å²) in [7, 11) is -4.18. The first-order chi connectivity index (χ1) is 16.6. The summed E-state index contributed by atoms with van der Waals surface area (Å²) in [5.41, 5.74) is 0. The molecule has 0 spiro atoms. The van der Waals surface area contributed by atoms with Crippen LogP contribution in [0.4, 0.5) is 0 Å². The van der Waals surface area contributed by atoms with Crippen LogP contribution in [0.25, 0.3) is 0 Å². The normalized spacial score (nSPS) is 13.4. The van der Waals surface area contributed by atoms with Crippen molar-refractivity contribution in [3.63, 3.8) is 0 Å². The third kappa shape index (κ3) is 28.2. The average molecular weight is 511 g/mol. The lowest BCUT2D eigenvalue weighted by atomic mass is 10.0. The number of phosphoric acid groups is 1. The van der Waals surface area contributed by atoms with Crippen molar-refractivity contribution >= 4 is 7.82 Å². The van der Waals surface area contributed by atoms with Gasteiger partial charge >= 0.3 is 7.82 Å². The highest BCUT2D eigenvalue weighted by atomic mass is 31.2. The van der Waals surface area contributed by atoms with E-state index >= 15 is 0 Å². The molecule has 0 aromatic rings. The van der Waals surface area contributed by atoms with Crippen LogP contribution in [-0.4, -0.2) is 44.5 Å². The van der Waals surface area contributed by atoms with Crippen LogP contribution in [0, 0.1) is 0 Å². The summed E-state index contributed by atoms with van der Waals surface area (Å²) < 4.78 is 31.3.